The fourth-order valence-corrected chi connectivity index (χ4v) is 1.13. The number of nitrogens with zero attached hydrogens (tertiary/aromatic N) is 3. The monoisotopic (exact) mass is 248 g/mol. The lowest BCUT2D eigenvalue weighted by Gasteiger charge is -1.98. The molecule has 0 unspecified atom stereocenters. The highest BCUT2D eigenvalue weighted by atomic mass is 19.4. The SMILES string of the molecule is O=C(O)c1cnc2nc(C(F)(F)F)[nH]n2c1=O. The van der Waals surface area contributed by atoms with Gasteiger partial charge in [0.15, 0.2) is 0 Å². The summed E-state index contributed by atoms with van der Waals surface area (Å²) in [6.45, 7) is 0. The fraction of sp³-hybridized carbons (Fsp3) is 0.143. The van der Waals surface area contributed by atoms with Gasteiger partial charge in [-0.05, 0) is 0 Å². The third kappa shape index (κ3) is 1.73. The van der Waals surface area contributed by atoms with Crippen molar-refractivity contribution in [2.24, 2.45) is 0 Å². The number of carboxylic acid groups (broad SMARTS) is 1. The second-order valence-electron chi connectivity index (χ2n) is 2.99. The molecule has 0 radical (unpaired) electrons. The van der Waals surface area contributed by atoms with Crippen LogP contribution in [-0.2, 0) is 6.18 Å². The molecule has 0 saturated carbocycles. The van der Waals surface area contributed by atoms with Crippen molar-refractivity contribution in [1.82, 2.24) is 19.6 Å². The number of H-pyrrole nitrogens is 1. The lowest BCUT2D eigenvalue weighted by Crippen LogP contribution is -2.23. The van der Waals surface area contributed by atoms with Crippen molar-refractivity contribution in [3.8, 4) is 0 Å². The van der Waals surface area contributed by atoms with Crippen LogP contribution >= 0.6 is 0 Å². The maximum atomic E-state index is 12.3. The number of rotatable bonds is 1. The van der Waals surface area contributed by atoms with E-state index in [1.165, 1.54) is 0 Å². The maximum Gasteiger partial charge on any atom is 0.451 e. The normalized spacial score (nSPS) is 11.9. The van der Waals surface area contributed by atoms with E-state index < -0.39 is 34.9 Å². The Labute approximate surface area is 89.5 Å². The van der Waals surface area contributed by atoms with Crippen LogP contribution in [0.4, 0.5) is 13.2 Å². The molecule has 0 saturated heterocycles. The van der Waals surface area contributed by atoms with Crippen LogP contribution in [-0.4, -0.2) is 30.7 Å². The molecule has 2 N–H and O–H groups in total. The van der Waals surface area contributed by atoms with Crippen molar-refractivity contribution >= 4 is 11.7 Å². The highest BCUT2D eigenvalue weighted by Crippen LogP contribution is 2.25. The summed E-state index contributed by atoms with van der Waals surface area (Å²) in [5.74, 6) is -3.56. The molecule has 17 heavy (non-hydrogen) atoms. The summed E-state index contributed by atoms with van der Waals surface area (Å²) in [7, 11) is 0. The van der Waals surface area contributed by atoms with Gasteiger partial charge in [0.05, 0.1) is 6.20 Å². The number of aromatic amines is 1. The zero-order valence-corrected chi connectivity index (χ0v) is 7.82. The Kier molecular flexibility index (Phi) is 2.16. The van der Waals surface area contributed by atoms with Crippen molar-refractivity contribution < 1.29 is 23.1 Å². The summed E-state index contributed by atoms with van der Waals surface area (Å²) in [4.78, 5) is 28.3. The molecule has 0 aliphatic carbocycles. The van der Waals surface area contributed by atoms with E-state index in [0.29, 0.717) is 10.7 Å². The van der Waals surface area contributed by atoms with Gasteiger partial charge in [0, 0.05) is 0 Å². The first-order valence-corrected chi connectivity index (χ1v) is 4.09. The average molecular weight is 248 g/mol. The minimum Gasteiger partial charge on any atom is -0.477 e. The van der Waals surface area contributed by atoms with Crippen LogP contribution in [0.3, 0.4) is 0 Å². The number of aromatic carboxylic acids is 1. The Bertz CT molecular complexity index is 656. The Morgan fingerprint density at radius 3 is 2.65 bits per heavy atom. The number of halogens is 3. The maximum absolute atomic E-state index is 12.3. The van der Waals surface area contributed by atoms with Crippen LogP contribution in [0, 0.1) is 0 Å². The molecule has 0 bridgehead atoms. The molecule has 90 valence electrons. The first-order chi connectivity index (χ1) is 7.80. The Hall–Kier alpha value is -2.39. The number of alkyl halides is 3. The van der Waals surface area contributed by atoms with Crippen LogP contribution in [0.25, 0.3) is 5.78 Å². The van der Waals surface area contributed by atoms with Crippen LogP contribution < -0.4 is 5.56 Å². The minimum atomic E-state index is -4.77. The standard InChI is InChI=1S/C7H3F3N4O3/c8-7(9,10)5-12-6-11-1-2(4(16)17)3(15)14(6)13-5/h1H,(H,16,17)(H,11,12,13). The molecular formula is C7H3F3N4O3. The number of carboxylic acids is 1. The number of fused-ring (bicyclic) bond motifs is 1. The average Bonchev–Trinajstić information content (AvgIpc) is 2.61. The molecule has 10 heteroatoms. The molecule has 0 aliphatic rings. The van der Waals surface area contributed by atoms with Gasteiger partial charge in [-0.25, -0.2) is 9.78 Å². The third-order valence-electron chi connectivity index (χ3n) is 1.87. The largest absolute Gasteiger partial charge is 0.477 e. The first-order valence-electron chi connectivity index (χ1n) is 4.09. The van der Waals surface area contributed by atoms with E-state index in [-0.39, 0.29) is 0 Å². The molecule has 2 heterocycles. The summed E-state index contributed by atoms with van der Waals surface area (Å²) in [5.41, 5.74) is -1.91. The lowest BCUT2D eigenvalue weighted by molar-refractivity contribution is -0.144. The highest BCUT2D eigenvalue weighted by molar-refractivity contribution is 5.86. The minimum absolute atomic E-state index is 0.326. The van der Waals surface area contributed by atoms with Crippen molar-refractivity contribution in [2.75, 3.05) is 0 Å². The van der Waals surface area contributed by atoms with Crippen LogP contribution in [0.15, 0.2) is 11.0 Å². The predicted octanol–water partition coefficient (Wildman–Crippen LogP) is 0.135. The molecule has 0 amide bonds. The van der Waals surface area contributed by atoms with E-state index >= 15 is 0 Å². The smallest absolute Gasteiger partial charge is 0.451 e. The summed E-state index contributed by atoms with van der Waals surface area (Å²) in [5, 5.41) is 10.2. The van der Waals surface area contributed by atoms with Gasteiger partial charge in [-0.3, -0.25) is 9.89 Å². The fourth-order valence-electron chi connectivity index (χ4n) is 1.13. The quantitative estimate of drug-likeness (QED) is 0.747. The summed E-state index contributed by atoms with van der Waals surface area (Å²) < 4.78 is 37.1. The summed E-state index contributed by atoms with van der Waals surface area (Å²) >= 11 is 0. The van der Waals surface area contributed by atoms with Crippen molar-refractivity contribution in [3.05, 3.63) is 27.9 Å². The van der Waals surface area contributed by atoms with Crippen LogP contribution in [0.1, 0.15) is 16.2 Å². The van der Waals surface area contributed by atoms with Gasteiger partial charge in [0.25, 0.3) is 11.3 Å². The number of carbonyl (C=O) groups is 1. The molecule has 0 aromatic carbocycles. The van der Waals surface area contributed by atoms with Crippen molar-refractivity contribution in [2.45, 2.75) is 6.18 Å². The zero-order valence-electron chi connectivity index (χ0n) is 7.82. The van der Waals surface area contributed by atoms with Crippen LogP contribution in [0.2, 0.25) is 0 Å². The van der Waals surface area contributed by atoms with Gasteiger partial charge in [-0.15, -0.1) is 0 Å². The lowest BCUT2D eigenvalue weighted by atomic mass is 10.3. The second kappa shape index (κ2) is 3.30. The molecule has 0 atom stereocenters. The number of hydrogen-bond acceptors (Lipinski definition) is 4. The molecule has 2 aromatic heterocycles. The van der Waals surface area contributed by atoms with E-state index in [4.69, 9.17) is 5.11 Å². The van der Waals surface area contributed by atoms with Crippen molar-refractivity contribution in [1.29, 1.82) is 0 Å². The Morgan fingerprint density at radius 2 is 2.12 bits per heavy atom. The number of hydrogen-bond donors (Lipinski definition) is 2. The van der Waals surface area contributed by atoms with Gasteiger partial charge in [-0.1, -0.05) is 0 Å². The molecule has 2 aromatic rings. The first kappa shape index (κ1) is 11.1. The van der Waals surface area contributed by atoms with E-state index in [1.807, 2.05) is 0 Å². The van der Waals surface area contributed by atoms with E-state index in [0.717, 1.165) is 0 Å². The van der Waals surface area contributed by atoms with Crippen molar-refractivity contribution in [3.63, 3.8) is 0 Å². The van der Waals surface area contributed by atoms with E-state index in [9.17, 15) is 22.8 Å². The van der Waals surface area contributed by atoms with Crippen LogP contribution in [0.5, 0.6) is 0 Å². The predicted molar refractivity (Wildman–Crippen MR) is 45.6 cm³/mol. The number of nitrogens with one attached hydrogen (secondary N) is 1. The zero-order chi connectivity index (χ0) is 12.8. The Morgan fingerprint density at radius 1 is 1.47 bits per heavy atom. The van der Waals surface area contributed by atoms with Gasteiger partial charge >= 0.3 is 12.1 Å². The molecule has 0 fully saturated rings. The molecule has 0 spiro atoms. The molecule has 0 aliphatic heterocycles. The van der Waals surface area contributed by atoms with Gasteiger partial charge < -0.3 is 5.11 Å². The molecular weight excluding hydrogens is 245 g/mol. The van der Waals surface area contributed by atoms with Gasteiger partial charge in [-0.2, -0.15) is 22.7 Å². The summed E-state index contributed by atoms with van der Waals surface area (Å²) in [6, 6.07) is 0. The Balaban J connectivity index is 2.75. The van der Waals surface area contributed by atoms with Gasteiger partial charge in [0.2, 0.25) is 5.82 Å². The second-order valence-corrected chi connectivity index (χ2v) is 2.99. The van der Waals surface area contributed by atoms with E-state index in [1.54, 1.807) is 5.10 Å². The number of aromatic nitrogens is 4. The third-order valence-corrected chi connectivity index (χ3v) is 1.87. The van der Waals surface area contributed by atoms with E-state index in [2.05, 4.69) is 9.97 Å². The highest BCUT2D eigenvalue weighted by Gasteiger charge is 2.35. The topological polar surface area (TPSA) is 100 Å². The molecule has 7 nitrogen and oxygen atoms in total. The molecule has 2 rings (SSSR count). The summed E-state index contributed by atoms with van der Waals surface area (Å²) in [6.07, 6.45) is -4.12. The van der Waals surface area contributed by atoms with Gasteiger partial charge in [0.1, 0.15) is 5.56 Å².